The summed E-state index contributed by atoms with van der Waals surface area (Å²) in [4.78, 5) is 22.5. The molecule has 0 saturated carbocycles. The number of benzene rings is 2. The first-order valence-electron chi connectivity index (χ1n) is 9.99. The molecule has 0 saturated heterocycles. The Morgan fingerprint density at radius 1 is 1.21 bits per heavy atom. The molecule has 1 amide bonds. The van der Waals surface area contributed by atoms with Gasteiger partial charge in [0.1, 0.15) is 22.9 Å². The van der Waals surface area contributed by atoms with Crippen LogP contribution in [0.25, 0.3) is 0 Å². The Morgan fingerprint density at radius 2 is 2.00 bits per heavy atom. The van der Waals surface area contributed by atoms with Crippen LogP contribution < -0.4 is 21.1 Å². The minimum Gasteiger partial charge on any atom is -0.495 e. The predicted molar refractivity (Wildman–Crippen MR) is 122 cm³/mol. The van der Waals surface area contributed by atoms with Crippen molar-refractivity contribution in [2.75, 3.05) is 31.3 Å². The molecule has 172 valence electrons. The topological polar surface area (TPSA) is 105 Å². The molecule has 1 aromatic heterocycles. The molecule has 4 rings (SSSR count). The number of amides is 1. The van der Waals surface area contributed by atoms with E-state index in [0.29, 0.717) is 17.5 Å². The standard InChI is InChI=1S/C22H21ClF2N6O2/c1-31-4-3-11-6-18(33-2)17(5-12(11)10-31)28-22-27-9-14(20(26)32)21(30-22)29-19-15(23)7-13(24)8-16(19)25/h5-9H,3-4,10H2,1-2H3,(H2,26,32)(H2,27,28,29,30). The molecule has 1 aliphatic rings. The highest BCUT2D eigenvalue weighted by molar-refractivity contribution is 6.33. The number of fused-ring (bicyclic) bond motifs is 1. The lowest BCUT2D eigenvalue weighted by molar-refractivity contribution is 0.100. The van der Waals surface area contributed by atoms with E-state index in [1.807, 2.05) is 19.2 Å². The van der Waals surface area contributed by atoms with Crippen LogP contribution in [-0.2, 0) is 13.0 Å². The maximum absolute atomic E-state index is 14.3. The van der Waals surface area contributed by atoms with Crippen LogP contribution in [0.1, 0.15) is 21.5 Å². The third kappa shape index (κ3) is 4.81. The molecule has 4 N–H and O–H groups in total. The van der Waals surface area contributed by atoms with Crippen molar-refractivity contribution in [2.45, 2.75) is 13.0 Å². The number of rotatable bonds is 6. The van der Waals surface area contributed by atoms with Crippen LogP contribution in [-0.4, -0.2) is 41.5 Å². The molecular formula is C22H21ClF2N6O2. The van der Waals surface area contributed by atoms with Gasteiger partial charge in [-0.05, 0) is 42.8 Å². The molecule has 0 bridgehead atoms. The Hall–Kier alpha value is -3.50. The summed E-state index contributed by atoms with van der Waals surface area (Å²) >= 11 is 5.97. The number of nitrogens with zero attached hydrogens (tertiary/aromatic N) is 3. The van der Waals surface area contributed by atoms with Gasteiger partial charge in [-0.15, -0.1) is 0 Å². The Bertz CT molecular complexity index is 1220. The fourth-order valence-corrected chi connectivity index (χ4v) is 3.85. The molecule has 2 aromatic carbocycles. The Kier molecular flexibility index (Phi) is 6.30. The smallest absolute Gasteiger partial charge is 0.254 e. The highest BCUT2D eigenvalue weighted by atomic mass is 35.5. The molecule has 0 unspecified atom stereocenters. The van der Waals surface area contributed by atoms with Crippen LogP contribution in [0.5, 0.6) is 5.75 Å². The maximum Gasteiger partial charge on any atom is 0.254 e. The summed E-state index contributed by atoms with van der Waals surface area (Å²) in [6.45, 7) is 1.74. The minimum absolute atomic E-state index is 0.0935. The number of nitrogens with two attached hydrogens (primary N) is 1. The zero-order valence-electron chi connectivity index (χ0n) is 17.9. The summed E-state index contributed by atoms with van der Waals surface area (Å²) in [5, 5.41) is 5.47. The number of carbonyl (C=O) groups excluding carboxylic acids is 1. The van der Waals surface area contributed by atoms with Crippen LogP contribution in [0, 0.1) is 11.6 Å². The largest absolute Gasteiger partial charge is 0.495 e. The second-order valence-electron chi connectivity index (χ2n) is 7.62. The van der Waals surface area contributed by atoms with Crippen LogP contribution >= 0.6 is 11.6 Å². The van der Waals surface area contributed by atoms with Gasteiger partial charge in [0.2, 0.25) is 5.95 Å². The van der Waals surface area contributed by atoms with Crippen molar-refractivity contribution >= 4 is 40.6 Å². The number of anilines is 4. The van der Waals surface area contributed by atoms with Crippen molar-refractivity contribution in [1.29, 1.82) is 0 Å². The first-order chi connectivity index (χ1) is 15.7. The lowest BCUT2D eigenvalue weighted by Crippen LogP contribution is -2.26. The number of methoxy groups -OCH3 is 1. The van der Waals surface area contributed by atoms with Gasteiger partial charge in [-0.1, -0.05) is 11.6 Å². The number of aromatic nitrogens is 2. The van der Waals surface area contributed by atoms with Gasteiger partial charge in [0.15, 0.2) is 5.82 Å². The number of ether oxygens (including phenoxy) is 1. The summed E-state index contributed by atoms with van der Waals surface area (Å²) in [6, 6.07) is 5.52. The molecular weight excluding hydrogens is 454 g/mol. The van der Waals surface area contributed by atoms with Gasteiger partial charge in [0, 0.05) is 25.4 Å². The SMILES string of the molecule is COc1cc2c(cc1Nc1ncc(C(N)=O)c(Nc3c(F)cc(F)cc3Cl)n1)CN(C)CC2. The average Bonchev–Trinajstić information content (AvgIpc) is 2.75. The van der Waals surface area contributed by atoms with Crippen molar-refractivity contribution in [3.05, 3.63) is 63.8 Å². The van der Waals surface area contributed by atoms with E-state index in [1.54, 1.807) is 7.11 Å². The van der Waals surface area contributed by atoms with Gasteiger partial charge in [-0.25, -0.2) is 13.8 Å². The van der Waals surface area contributed by atoms with Crippen LogP contribution in [0.15, 0.2) is 30.5 Å². The lowest BCUT2D eigenvalue weighted by atomic mass is 9.99. The number of hydrogen-bond donors (Lipinski definition) is 3. The molecule has 3 aromatic rings. The van der Waals surface area contributed by atoms with Crippen molar-refractivity contribution in [1.82, 2.24) is 14.9 Å². The van der Waals surface area contributed by atoms with E-state index < -0.39 is 17.5 Å². The lowest BCUT2D eigenvalue weighted by Gasteiger charge is -2.26. The molecule has 33 heavy (non-hydrogen) atoms. The first kappa shape index (κ1) is 22.7. The van der Waals surface area contributed by atoms with E-state index in [2.05, 4.69) is 25.5 Å². The average molecular weight is 475 g/mol. The number of likely N-dealkylation sites (N-methyl/N-ethyl adjacent to an activating group) is 1. The second-order valence-corrected chi connectivity index (χ2v) is 8.03. The van der Waals surface area contributed by atoms with Gasteiger partial charge in [0.25, 0.3) is 5.91 Å². The van der Waals surface area contributed by atoms with E-state index >= 15 is 0 Å². The molecule has 11 heteroatoms. The number of primary amides is 1. The van der Waals surface area contributed by atoms with E-state index in [-0.39, 0.29) is 28.0 Å². The first-order valence-corrected chi connectivity index (χ1v) is 10.4. The zero-order chi connectivity index (χ0) is 23.7. The molecule has 0 radical (unpaired) electrons. The molecule has 1 aliphatic heterocycles. The summed E-state index contributed by atoms with van der Waals surface area (Å²) in [7, 11) is 3.61. The minimum atomic E-state index is -0.955. The van der Waals surface area contributed by atoms with Crippen LogP contribution in [0.3, 0.4) is 0 Å². The fraction of sp³-hybridized carbons (Fsp3) is 0.227. The molecule has 0 fully saturated rings. The van der Waals surface area contributed by atoms with Gasteiger partial charge in [-0.3, -0.25) is 4.79 Å². The van der Waals surface area contributed by atoms with E-state index in [9.17, 15) is 13.6 Å². The predicted octanol–water partition coefficient (Wildman–Crippen LogP) is 3.99. The molecule has 8 nitrogen and oxygen atoms in total. The normalized spacial score (nSPS) is 13.4. The number of hydrogen-bond acceptors (Lipinski definition) is 7. The second kappa shape index (κ2) is 9.16. The van der Waals surface area contributed by atoms with Gasteiger partial charge in [-0.2, -0.15) is 4.98 Å². The Morgan fingerprint density at radius 3 is 2.70 bits per heavy atom. The third-order valence-electron chi connectivity index (χ3n) is 5.28. The highest BCUT2D eigenvalue weighted by Crippen LogP contribution is 2.34. The van der Waals surface area contributed by atoms with Crippen LogP contribution in [0.4, 0.5) is 31.9 Å². The van der Waals surface area contributed by atoms with Gasteiger partial charge >= 0.3 is 0 Å². The summed E-state index contributed by atoms with van der Waals surface area (Å²) in [5.74, 6) is -2.02. The van der Waals surface area contributed by atoms with E-state index in [4.69, 9.17) is 22.1 Å². The molecule has 2 heterocycles. The van der Waals surface area contributed by atoms with Gasteiger partial charge < -0.3 is 26.0 Å². The summed E-state index contributed by atoms with van der Waals surface area (Å²) < 4.78 is 33.2. The Balaban J connectivity index is 1.71. The zero-order valence-corrected chi connectivity index (χ0v) is 18.6. The quantitative estimate of drug-likeness (QED) is 0.496. The highest BCUT2D eigenvalue weighted by Gasteiger charge is 2.20. The number of carbonyl (C=O) groups is 1. The number of halogens is 3. The van der Waals surface area contributed by atoms with Crippen molar-refractivity contribution in [3.63, 3.8) is 0 Å². The van der Waals surface area contributed by atoms with E-state index in [0.717, 1.165) is 31.1 Å². The van der Waals surface area contributed by atoms with Crippen LogP contribution in [0.2, 0.25) is 5.02 Å². The van der Waals surface area contributed by atoms with E-state index in [1.165, 1.54) is 11.8 Å². The van der Waals surface area contributed by atoms with Crippen molar-refractivity contribution in [2.24, 2.45) is 5.73 Å². The Labute approximate surface area is 193 Å². The molecule has 0 aliphatic carbocycles. The van der Waals surface area contributed by atoms with Gasteiger partial charge in [0.05, 0.1) is 23.5 Å². The third-order valence-corrected chi connectivity index (χ3v) is 5.57. The number of nitrogens with one attached hydrogen (secondary N) is 2. The monoisotopic (exact) mass is 474 g/mol. The fourth-order valence-electron chi connectivity index (χ4n) is 3.61. The maximum atomic E-state index is 14.3. The summed E-state index contributed by atoms with van der Waals surface area (Å²) in [6.07, 6.45) is 2.11. The molecule has 0 spiro atoms. The summed E-state index contributed by atoms with van der Waals surface area (Å²) in [5.41, 5.74) is 8.02. The van der Waals surface area contributed by atoms with Crippen molar-refractivity contribution < 1.29 is 18.3 Å². The molecule has 0 atom stereocenters. The van der Waals surface area contributed by atoms with Crippen molar-refractivity contribution in [3.8, 4) is 5.75 Å².